The van der Waals surface area contributed by atoms with Crippen molar-refractivity contribution in [1.82, 2.24) is 5.32 Å². The normalized spacial score (nSPS) is 12.4. The zero-order valence-electron chi connectivity index (χ0n) is 10.7. The summed E-state index contributed by atoms with van der Waals surface area (Å²) >= 11 is 0. The van der Waals surface area contributed by atoms with Gasteiger partial charge in [0.15, 0.2) is 0 Å². The third kappa shape index (κ3) is 4.86. The van der Waals surface area contributed by atoms with Gasteiger partial charge in [0.05, 0.1) is 0 Å². The molecule has 1 rings (SSSR count). The van der Waals surface area contributed by atoms with E-state index in [0.29, 0.717) is 5.56 Å². The molecule has 0 fully saturated rings. The highest BCUT2D eigenvalue weighted by molar-refractivity contribution is 5.68. The molecular weight excluding hydrogens is 234 g/mol. The number of alkyl carbamates (subject to hydrolysis) is 1. The molecule has 0 aliphatic rings. The number of amides is 1. The van der Waals surface area contributed by atoms with Crippen LogP contribution in [0.4, 0.5) is 4.79 Å². The summed E-state index contributed by atoms with van der Waals surface area (Å²) in [6, 6.07) is 8.88. The molecule has 0 bridgehead atoms. The third-order valence-electron chi connectivity index (χ3n) is 1.94. The minimum Gasteiger partial charge on any atom is -0.444 e. The van der Waals surface area contributed by atoms with Gasteiger partial charge in [-0.05, 0) is 20.8 Å². The van der Waals surface area contributed by atoms with Gasteiger partial charge in [-0.1, -0.05) is 30.3 Å². The first kappa shape index (κ1) is 14.0. The van der Waals surface area contributed by atoms with Crippen LogP contribution in [-0.2, 0) is 14.3 Å². The molecule has 98 valence electrons. The summed E-state index contributed by atoms with van der Waals surface area (Å²) in [6.45, 7) is 5.55. The Morgan fingerprint density at radius 2 is 1.89 bits per heavy atom. The molecule has 0 aromatic heterocycles. The fourth-order valence-corrected chi connectivity index (χ4v) is 1.29. The number of carbonyl (C=O) groups is 2. The van der Waals surface area contributed by atoms with E-state index >= 15 is 0 Å². The molecule has 1 aromatic rings. The van der Waals surface area contributed by atoms with Gasteiger partial charge >= 0.3 is 6.09 Å². The van der Waals surface area contributed by atoms with Crippen LogP contribution in [0.5, 0.6) is 0 Å². The largest absolute Gasteiger partial charge is 0.444 e. The van der Waals surface area contributed by atoms with Crippen LogP contribution < -0.4 is 5.32 Å². The number of hydrogen-bond acceptors (Lipinski definition) is 4. The van der Waals surface area contributed by atoms with Crippen molar-refractivity contribution >= 4 is 12.6 Å². The number of hydrogen-bond donors (Lipinski definition) is 1. The van der Waals surface area contributed by atoms with Crippen LogP contribution in [0.3, 0.4) is 0 Å². The first-order chi connectivity index (χ1) is 8.42. The molecular formula is C13H17NO4. The first-order valence-corrected chi connectivity index (χ1v) is 5.56. The highest BCUT2D eigenvalue weighted by Crippen LogP contribution is 2.14. The third-order valence-corrected chi connectivity index (χ3v) is 1.94. The van der Waals surface area contributed by atoms with Crippen molar-refractivity contribution in [2.45, 2.75) is 32.6 Å². The summed E-state index contributed by atoms with van der Waals surface area (Å²) in [7, 11) is 0. The van der Waals surface area contributed by atoms with Crippen LogP contribution in [0.1, 0.15) is 32.6 Å². The van der Waals surface area contributed by atoms with E-state index in [0.717, 1.165) is 0 Å². The first-order valence-electron chi connectivity index (χ1n) is 5.56. The average molecular weight is 251 g/mol. The Kier molecular flexibility index (Phi) is 4.71. The molecule has 0 spiro atoms. The van der Waals surface area contributed by atoms with Gasteiger partial charge in [-0.25, -0.2) is 4.79 Å². The highest BCUT2D eigenvalue weighted by atomic mass is 16.6. The standard InChI is InChI=1S/C13H17NO4/c1-13(2,3)18-12(16)14-11(17-9-15)10-7-5-4-6-8-10/h4-9,11H,1-3H3,(H,14,16). The molecule has 1 aromatic carbocycles. The molecule has 0 heterocycles. The maximum atomic E-state index is 11.6. The van der Waals surface area contributed by atoms with Crippen molar-refractivity contribution in [3.63, 3.8) is 0 Å². The molecule has 1 atom stereocenters. The smallest absolute Gasteiger partial charge is 0.410 e. The Morgan fingerprint density at radius 3 is 2.39 bits per heavy atom. The van der Waals surface area contributed by atoms with Crippen LogP contribution in [-0.4, -0.2) is 18.2 Å². The van der Waals surface area contributed by atoms with E-state index in [1.54, 1.807) is 45.0 Å². The minimum absolute atomic E-state index is 0.287. The van der Waals surface area contributed by atoms with E-state index in [4.69, 9.17) is 9.47 Å². The second-order valence-electron chi connectivity index (χ2n) is 4.67. The molecule has 1 amide bonds. The van der Waals surface area contributed by atoms with Gasteiger partial charge in [0.1, 0.15) is 5.60 Å². The lowest BCUT2D eigenvalue weighted by molar-refractivity contribution is -0.135. The van der Waals surface area contributed by atoms with Crippen molar-refractivity contribution in [3.8, 4) is 0 Å². The van der Waals surface area contributed by atoms with Crippen molar-refractivity contribution < 1.29 is 19.1 Å². The maximum Gasteiger partial charge on any atom is 0.410 e. The molecule has 0 saturated heterocycles. The number of carbonyl (C=O) groups excluding carboxylic acids is 2. The number of nitrogens with one attached hydrogen (secondary N) is 1. The van der Waals surface area contributed by atoms with E-state index in [1.165, 1.54) is 0 Å². The van der Waals surface area contributed by atoms with Crippen molar-refractivity contribution in [2.24, 2.45) is 0 Å². The number of ether oxygens (including phenoxy) is 2. The van der Waals surface area contributed by atoms with E-state index in [1.807, 2.05) is 6.07 Å². The average Bonchev–Trinajstić information content (AvgIpc) is 2.27. The second-order valence-corrected chi connectivity index (χ2v) is 4.67. The summed E-state index contributed by atoms with van der Waals surface area (Å²) < 4.78 is 9.91. The van der Waals surface area contributed by atoms with Crippen LogP contribution in [0.15, 0.2) is 30.3 Å². The maximum absolute atomic E-state index is 11.6. The van der Waals surface area contributed by atoms with Gasteiger partial charge in [0.2, 0.25) is 6.23 Å². The summed E-state index contributed by atoms with van der Waals surface area (Å²) in [5.41, 5.74) is 0.0578. The minimum atomic E-state index is -0.849. The number of rotatable bonds is 4. The summed E-state index contributed by atoms with van der Waals surface area (Å²) in [5, 5.41) is 2.48. The zero-order chi connectivity index (χ0) is 13.6. The predicted molar refractivity (Wildman–Crippen MR) is 65.7 cm³/mol. The second kappa shape index (κ2) is 6.05. The molecule has 0 aliphatic carbocycles. The molecule has 0 aliphatic heterocycles. The van der Waals surface area contributed by atoms with Crippen molar-refractivity contribution in [2.75, 3.05) is 0 Å². The van der Waals surface area contributed by atoms with Crippen LogP contribution in [0.2, 0.25) is 0 Å². The monoisotopic (exact) mass is 251 g/mol. The van der Waals surface area contributed by atoms with Gasteiger partial charge in [-0.15, -0.1) is 0 Å². The predicted octanol–water partition coefficient (Wildman–Crippen LogP) is 2.38. The van der Waals surface area contributed by atoms with Crippen LogP contribution >= 0.6 is 0 Å². The summed E-state index contributed by atoms with van der Waals surface area (Å²) in [5.74, 6) is 0. The Balaban J connectivity index is 2.70. The van der Waals surface area contributed by atoms with E-state index in [-0.39, 0.29) is 6.47 Å². The molecule has 0 radical (unpaired) electrons. The lowest BCUT2D eigenvalue weighted by atomic mass is 10.2. The molecule has 1 unspecified atom stereocenters. The van der Waals surface area contributed by atoms with Crippen molar-refractivity contribution in [3.05, 3.63) is 35.9 Å². The highest BCUT2D eigenvalue weighted by Gasteiger charge is 2.20. The van der Waals surface area contributed by atoms with Gasteiger partial charge in [-0.2, -0.15) is 0 Å². The Labute approximate surface area is 106 Å². The molecule has 1 N–H and O–H groups in total. The zero-order valence-corrected chi connectivity index (χ0v) is 10.7. The van der Waals surface area contributed by atoms with E-state index in [9.17, 15) is 9.59 Å². The van der Waals surface area contributed by atoms with E-state index < -0.39 is 17.9 Å². The molecule has 5 heteroatoms. The summed E-state index contributed by atoms with van der Waals surface area (Å²) in [4.78, 5) is 22.0. The molecule has 5 nitrogen and oxygen atoms in total. The van der Waals surface area contributed by atoms with E-state index in [2.05, 4.69) is 5.32 Å². The van der Waals surface area contributed by atoms with Crippen LogP contribution in [0, 0.1) is 0 Å². The Bertz CT molecular complexity index is 397. The van der Waals surface area contributed by atoms with Gasteiger partial charge in [-0.3, -0.25) is 10.1 Å². The fraction of sp³-hybridized carbons (Fsp3) is 0.385. The van der Waals surface area contributed by atoms with Gasteiger partial charge < -0.3 is 9.47 Å². The summed E-state index contributed by atoms with van der Waals surface area (Å²) in [6.07, 6.45) is -1.49. The van der Waals surface area contributed by atoms with Crippen molar-refractivity contribution in [1.29, 1.82) is 0 Å². The fourth-order valence-electron chi connectivity index (χ4n) is 1.29. The Hall–Kier alpha value is -2.04. The lowest BCUT2D eigenvalue weighted by Gasteiger charge is -2.22. The van der Waals surface area contributed by atoms with Gasteiger partial charge in [0, 0.05) is 5.56 Å². The van der Waals surface area contributed by atoms with Gasteiger partial charge in [0.25, 0.3) is 6.47 Å². The number of benzene rings is 1. The topological polar surface area (TPSA) is 64.6 Å². The lowest BCUT2D eigenvalue weighted by Crippen LogP contribution is -2.35. The Morgan fingerprint density at radius 1 is 1.28 bits per heavy atom. The molecule has 0 saturated carbocycles. The SMILES string of the molecule is CC(C)(C)OC(=O)NC(OC=O)c1ccccc1. The molecule has 18 heavy (non-hydrogen) atoms. The van der Waals surface area contributed by atoms with Crippen LogP contribution in [0.25, 0.3) is 0 Å². The quantitative estimate of drug-likeness (QED) is 0.659.